The van der Waals surface area contributed by atoms with Crippen LogP contribution < -0.4 is 0 Å². The molecule has 1 heterocycles. The van der Waals surface area contributed by atoms with Gasteiger partial charge in [-0.1, -0.05) is 11.6 Å². The third kappa shape index (κ3) is 0.924. The predicted molar refractivity (Wildman–Crippen MR) is 27.0 cm³/mol. The van der Waals surface area contributed by atoms with Gasteiger partial charge in [0.2, 0.25) is 0 Å². The van der Waals surface area contributed by atoms with Crippen molar-refractivity contribution in [2.75, 3.05) is 0 Å². The SMILES string of the molecule is Fc1cncnc1Cl. The molecule has 8 heavy (non-hydrogen) atoms. The van der Waals surface area contributed by atoms with Crippen LogP contribution in [0.25, 0.3) is 0 Å². The van der Waals surface area contributed by atoms with Crippen molar-refractivity contribution in [2.45, 2.75) is 0 Å². The van der Waals surface area contributed by atoms with Crippen molar-refractivity contribution < 1.29 is 4.39 Å². The second-order valence-corrected chi connectivity index (χ2v) is 1.52. The van der Waals surface area contributed by atoms with Gasteiger partial charge in [-0.05, 0) is 0 Å². The first-order chi connectivity index (χ1) is 3.80. The van der Waals surface area contributed by atoms with E-state index in [0.717, 1.165) is 6.20 Å². The lowest BCUT2D eigenvalue weighted by atomic mass is 10.6. The van der Waals surface area contributed by atoms with E-state index in [-0.39, 0.29) is 5.15 Å². The van der Waals surface area contributed by atoms with Crippen molar-refractivity contribution in [1.82, 2.24) is 9.97 Å². The summed E-state index contributed by atoms with van der Waals surface area (Å²) in [5.41, 5.74) is 0. The lowest BCUT2D eigenvalue weighted by molar-refractivity contribution is 0.614. The van der Waals surface area contributed by atoms with Gasteiger partial charge in [0.15, 0.2) is 11.0 Å². The smallest absolute Gasteiger partial charge is 0.178 e. The number of hydrogen-bond acceptors (Lipinski definition) is 2. The molecule has 0 unspecified atom stereocenters. The molecule has 1 aromatic heterocycles. The van der Waals surface area contributed by atoms with E-state index in [0.29, 0.717) is 0 Å². The number of hydrogen-bond donors (Lipinski definition) is 0. The Morgan fingerprint density at radius 3 is 2.75 bits per heavy atom. The standard InChI is InChI=1S/C4H2ClFN2/c5-4-3(6)1-7-2-8-4/h1-2H. The maximum Gasteiger partial charge on any atom is 0.178 e. The minimum atomic E-state index is -0.589. The summed E-state index contributed by atoms with van der Waals surface area (Å²) in [4.78, 5) is 6.73. The highest BCUT2D eigenvalue weighted by Crippen LogP contribution is 2.05. The van der Waals surface area contributed by atoms with Crippen molar-refractivity contribution >= 4 is 11.6 Å². The number of aromatic nitrogens is 2. The topological polar surface area (TPSA) is 25.8 Å². The zero-order chi connectivity index (χ0) is 5.98. The molecule has 42 valence electrons. The summed E-state index contributed by atoms with van der Waals surface area (Å²) in [6, 6.07) is 0. The second-order valence-electron chi connectivity index (χ2n) is 1.16. The Bertz CT molecular complexity index is 170. The highest BCUT2D eigenvalue weighted by molar-refractivity contribution is 6.29. The first-order valence-corrected chi connectivity index (χ1v) is 2.29. The molecular weight excluding hydrogens is 131 g/mol. The van der Waals surface area contributed by atoms with E-state index in [4.69, 9.17) is 11.6 Å². The lowest BCUT2D eigenvalue weighted by Gasteiger charge is -1.85. The van der Waals surface area contributed by atoms with E-state index < -0.39 is 5.82 Å². The van der Waals surface area contributed by atoms with E-state index >= 15 is 0 Å². The highest BCUT2D eigenvalue weighted by Gasteiger charge is 1.94. The Labute approximate surface area is 50.3 Å². The zero-order valence-electron chi connectivity index (χ0n) is 3.81. The van der Waals surface area contributed by atoms with Gasteiger partial charge in [-0.25, -0.2) is 14.4 Å². The third-order valence-electron chi connectivity index (χ3n) is 0.623. The highest BCUT2D eigenvalue weighted by atomic mass is 35.5. The van der Waals surface area contributed by atoms with Crippen LogP contribution >= 0.6 is 11.6 Å². The van der Waals surface area contributed by atoms with E-state index in [9.17, 15) is 4.39 Å². The number of halogens is 2. The minimum Gasteiger partial charge on any atom is -0.242 e. The molecule has 0 fully saturated rings. The molecular formula is C4H2ClFN2. The summed E-state index contributed by atoms with van der Waals surface area (Å²) in [6.45, 7) is 0. The second kappa shape index (κ2) is 2.05. The van der Waals surface area contributed by atoms with Crippen LogP contribution in [0.5, 0.6) is 0 Å². The minimum absolute atomic E-state index is 0.139. The summed E-state index contributed by atoms with van der Waals surface area (Å²) in [5, 5.41) is -0.139. The van der Waals surface area contributed by atoms with Gasteiger partial charge in [0.1, 0.15) is 6.33 Å². The molecule has 0 atom stereocenters. The molecule has 0 N–H and O–H groups in total. The van der Waals surface area contributed by atoms with E-state index in [2.05, 4.69) is 9.97 Å². The van der Waals surface area contributed by atoms with Crippen LogP contribution in [0.4, 0.5) is 4.39 Å². The van der Waals surface area contributed by atoms with Gasteiger partial charge in [0.05, 0.1) is 6.20 Å². The molecule has 2 nitrogen and oxygen atoms in total. The largest absolute Gasteiger partial charge is 0.242 e. The monoisotopic (exact) mass is 132 g/mol. The molecule has 0 aliphatic rings. The van der Waals surface area contributed by atoms with Gasteiger partial charge in [-0.3, -0.25) is 0 Å². The fourth-order valence-electron chi connectivity index (χ4n) is 0.298. The van der Waals surface area contributed by atoms with Gasteiger partial charge in [0.25, 0.3) is 0 Å². The summed E-state index contributed by atoms with van der Waals surface area (Å²) in [7, 11) is 0. The third-order valence-corrected chi connectivity index (χ3v) is 0.901. The fourth-order valence-corrected chi connectivity index (χ4v) is 0.390. The average molecular weight is 133 g/mol. The van der Waals surface area contributed by atoms with Crippen LogP contribution in [0.2, 0.25) is 5.15 Å². The molecule has 4 heteroatoms. The maximum atomic E-state index is 12.1. The molecule has 0 spiro atoms. The van der Waals surface area contributed by atoms with Crippen molar-refractivity contribution in [3.8, 4) is 0 Å². The van der Waals surface area contributed by atoms with Crippen LogP contribution in [0.3, 0.4) is 0 Å². The van der Waals surface area contributed by atoms with Crippen molar-refractivity contribution in [3.05, 3.63) is 23.5 Å². The zero-order valence-corrected chi connectivity index (χ0v) is 4.56. The van der Waals surface area contributed by atoms with Crippen LogP contribution in [-0.4, -0.2) is 9.97 Å². The molecule has 0 saturated heterocycles. The quantitative estimate of drug-likeness (QED) is 0.497. The Kier molecular flexibility index (Phi) is 1.39. The van der Waals surface area contributed by atoms with Crippen molar-refractivity contribution in [1.29, 1.82) is 0 Å². The molecule has 0 radical (unpaired) electrons. The molecule has 0 saturated carbocycles. The van der Waals surface area contributed by atoms with Crippen LogP contribution in [0.15, 0.2) is 12.5 Å². The molecule has 1 aromatic rings. The van der Waals surface area contributed by atoms with E-state index in [1.54, 1.807) is 0 Å². The molecule has 0 aliphatic heterocycles. The Hall–Kier alpha value is -0.700. The summed E-state index contributed by atoms with van der Waals surface area (Å²) < 4.78 is 12.1. The van der Waals surface area contributed by atoms with Crippen LogP contribution in [0.1, 0.15) is 0 Å². The van der Waals surface area contributed by atoms with E-state index in [1.807, 2.05) is 0 Å². The van der Waals surface area contributed by atoms with Crippen LogP contribution in [-0.2, 0) is 0 Å². The average Bonchev–Trinajstić information content (AvgIpc) is 1.77. The molecule has 1 rings (SSSR count). The number of rotatable bonds is 0. The Balaban J connectivity index is 3.13. The molecule has 0 amide bonds. The lowest BCUT2D eigenvalue weighted by Crippen LogP contribution is -1.81. The normalized spacial score (nSPS) is 9.25. The molecule has 0 bridgehead atoms. The van der Waals surface area contributed by atoms with Crippen molar-refractivity contribution in [3.63, 3.8) is 0 Å². The number of nitrogens with zero attached hydrogens (tertiary/aromatic N) is 2. The van der Waals surface area contributed by atoms with Gasteiger partial charge >= 0.3 is 0 Å². The fraction of sp³-hybridized carbons (Fsp3) is 0. The van der Waals surface area contributed by atoms with Gasteiger partial charge < -0.3 is 0 Å². The van der Waals surface area contributed by atoms with Gasteiger partial charge in [-0.2, -0.15) is 0 Å². The molecule has 0 aromatic carbocycles. The van der Waals surface area contributed by atoms with Crippen LogP contribution in [0, 0.1) is 5.82 Å². The maximum absolute atomic E-state index is 12.1. The first kappa shape index (κ1) is 5.44. The summed E-state index contributed by atoms with van der Waals surface area (Å²) in [6.07, 6.45) is 2.20. The summed E-state index contributed by atoms with van der Waals surface area (Å²) >= 11 is 5.18. The first-order valence-electron chi connectivity index (χ1n) is 1.91. The van der Waals surface area contributed by atoms with E-state index in [1.165, 1.54) is 6.33 Å². The van der Waals surface area contributed by atoms with Gasteiger partial charge in [-0.15, -0.1) is 0 Å². The predicted octanol–water partition coefficient (Wildman–Crippen LogP) is 1.27. The molecule has 0 aliphatic carbocycles. The Morgan fingerprint density at radius 2 is 2.38 bits per heavy atom. The Morgan fingerprint density at radius 1 is 1.62 bits per heavy atom. The summed E-state index contributed by atoms with van der Waals surface area (Å²) in [5.74, 6) is -0.589. The van der Waals surface area contributed by atoms with Crippen molar-refractivity contribution in [2.24, 2.45) is 0 Å². The van der Waals surface area contributed by atoms with Gasteiger partial charge in [0, 0.05) is 0 Å².